The van der Waals surface area contributed by atoms with Crippen LogP contribution in [0.2, 0.25) is 0 Å². The largest absolute Gasteiger partial charge is 0.496 e. The molecule has 0 radical (unpaired) electrons. The van der Waals surface area contributed by atoms with Crippen LogP contribution in [0.15, 0.2) is 18.2 Å². The average Bonchev–Trinajstić information content (AvgIpc) is 2.44. The van der Waals surface area contributed by atoms with Gasteiger partial charge in [-0.05, 0) is 30.7 Å². The summed E-state index contributed by atoms with van der Waals surface area (Å²) in [5.41, 5.74) is 1.24. The maximum absolute atomic E-state index is 12.1. The summed E-state index contributed by atoms with van der Waals surface area (Å²) in [5, 5.41) is 0. The molecule has 0 saturated carbocycles. The molecule has 1 aromatic carbocycles. The third-order valence-electron chi connectivity index (χ3n) is 2.91. The molecular formula is C13H20N2O5S. The topological polar surface area (TPSA) is 84.9 Å². The summed E-state index contributed by atoms with van der Waals surface area (Å²) in [6.45, 7) is 1.86. The molecule has 0 aliphatic carbocycles. The highest BCUT2D eigenvalue weighted by Crippen LogP contribution is 2.22. The van der Waals surface area contributed by atoms with Crippen molar-refractivity contribution in [2.24, 2.45) is 0 Å². The molecule has 0 aliphatic heterocycles. The number of carbonyl (C=O) groups is 1. The summed E-state index contributed by atoms with van der Waals surface area (Å²) in [4.78, 5) is 11.0. The number of benzene rings is 1. The van der Waals surface area contributed by atoms with Crippen molar-refractivity contribution in [3.8, 4) is 5.75 Å². The van der Waals surface area contributed by atoms with Gasteiger partial charge in [-0.3, -0.25) is 9.52 Å². The summed E-state index contributed by atoms with van der Waals surface area (Å²) >= 11 is 0. The summed E-state index contributed by atoms with van der Waals surface area (Å²) in [6.07, 6.45) is -0.00441. The van der Waals surface area contributed by atoms with Crippen LogP contribution >= 0.6 is 0 Å². The van der Waals surface area contributed by atoms with Crippen molar-refractivity contribution in [3.63, 3.8) is 0 Å². The van der Waals surface area contributed by atoms with Gasteiger partial charge in [0.1, 0.15) is 5.75 Å². The standard InChI is InChI=1S/C13H20N2O5S/c1-10-9-11(5-6-12(10)19-3)14-21(17,18)15(2)8-7-13(16)20-4/h5-6,9,14H,7-8H2,1-4H3. The van der Waals surface area contributed by atoms with Gasteiger partial charge in [0.25, 0.3) is 0 Å². The fraction of sp³-hybridized carbons (Fsp3) is 0.462. The molecule has 118 valence electrons. The molecule has 7 nitrogen and oxygen atoms in total. The lowest BCUT2D eigenvalue weighted by Crippen LogP contribution is -2.34. The first-order valence-corrected chi connectivity index (χ1v) is 7.69. The normalized spacial score (nSPS) is 11.3. The zero-order chi connectivity index (χ0) is 16.0. The van der Waals surface area contributed by atoms with Crippen LogP contribution in [0.4, 0.5) is 5.69 Å². The Kier molecular flexibility index (Phi) is 5.98. The van der Waals surface area contributed by atoms with Gasteiger partial charge in [0.15, 0.2) is 0 Å². The Hall–Kier alpha value is -1.80. The number of carbonyl (C=O) groups excluding carboxylic acids is 1. The van der Waals surface area contributed by atoms with Crippen LogP contribution in [0.3, 0.4) is 0 Å². The van der Waals surface area contributed by atoms with Crippen LogP contribution in [0.1, 0.15) is 12.0 Å². The van der Waals surface area contributed by atoms with E-state index < -0.39 is 16.2 Å². The van der Waals surface area contributed by atoms with Gasteiger partial charge in [-0.25, -0.2) is 0 Å². The number of esters is 1. The zero-order valence-corrected chi connectivity index (χ0v) is 13.4. The van der Waals surface area contributed by atoms with E-state index in [1.165, 1.54) is 14.2 Å². The Balaban J connectivity index is 2.75. The van der Waals surface area contributed by atoms with Crippen molar-refractivity contribution in [2.75, 3.05) is 32.5 Å². The van der Waals surface area contributed by atoms with Gasteiger partial charge < -0.3 is 9.47 Å². The van der Waals surface area contributed by atoms with Crippen LogP contribution < -0.4 is 9.46 Å². The predicted octanol–water partition coefficient (Wildman–Crippen LogP) is 1.16. The number of hydrogen-bond acceptors (Lipinski definition) is 5. The van der Waals surface area contributed by atoms with E-state index in [1.54, 1.807) is 25.3 Å². The van der Waals surface area contributed by atoms with Gasteiger partial charge >= 0.3 is 16.2 Å². The molecule has 8 heteroatoms. The second kappa shape index (κ2) is 7.28. The zero-order valence-electron chi connectivity index (χ0n) is 12.5. The van der Waals surface area contributed by atoms with E-state index in [0.29, 0.717) is 11.4 Å². The molecule has 0 fully saturated rings. The van der Waals surface area contributed by atoms with Crippen LogP contribution in [0.5, 0.6) is 5.75 Å². The van der Waals surface area contributed by atoms with Crippen molar-refractivity contribution >= 4 is 21.9 Å². The number of nitrogens with zero attached hydrogens (tertiary/aromatic N) is 1. The van der Waals surface area contributed by atoms with Gasteiger partial charge in [-0.2, -0.15) is 12.7 Å². The van der Waals surface area contributed by atoms with Gasteiger partial charge in [-0.1, -0.05) is 0 Å². The Morgan fingerprint density at radius 2 is 2.00 bits per heavy atom. The van der Waals surface area contributed by atoms with E-state index in [2.05, 4.69) is 9.46 Å². The maximum Gasteiger partial charge on any atom is 0.306 e. The molecule has 1 rings (SSSR count). The maximum atomic E-state index is 12.1. The fourth-order valence-corrected chi connectivity index (χ4v) is 2.55. The monoisotopic (exact) mass is 316 g/mol. The van der Waals surface area contributed by atoms with Crippen molar-refractivity contribution < 1.29 is 22.7 Å². The van der Waals surface area contributed by atoms with Gasteiger partial charge in [-0.15, -0.1) is 0 Å². The minimum absolute atomic E-state index is 0.00441. The summed E-state index contributed by atoms with van der Waals surface area (Å²) < 4.78 is 37.3. The number of rotatable bonds is 7. The molecule has 0 amide bonds. The number of aryl methyl sites for hydroxylation is 1. The van der Waals surface area contributed by atoms with Crippen LogP contribution in [0, 0.1) is 6.92 Å². The molecular weight excluding hydrogens is 296 g/mol. The molecule has 0 bridgehead atoms. The van der Waals surface area contributed by atoms with E-state index in [4.69, 9.17) is 4.74 Å². The van der Waals surface area contributed by atoms with E-state index in [0.717, 1.165) is 9.87 Å². The molecule has 1 N–H and O–H groups in total. The van der Waals surface area contributed by atoms with Gasteiger partial charge in [0.05, 0.1) is 26.3 Å². The first kappa shape index (κ1) is 17.3. The van der Waals surface area contributed by atoms with Crippen LogP contribution in [0.25, 0.3) is 0 Å². The van der Waals surface area contributed by atoms with Crippen molar-refractivity contribution in [1.82, 2.24) is 4.31 Å². The highest BCUT2D eigenvalue weighted by atomic mass is 32.2. The number of nitrogens with one attached hydrogen (secondary N) is 1. The molecule has 0 unspecified atom stereocenters. The van der Waals surface area contributed by atoms with E-state index in [1.807, 2.05) is 6.92 Å². The number of methoxy groups -OCH3 is 2. The van der Waals surface area contributed by atoms with Crippen molar-refractivity contribution in [1.29, 1.82) is 0 Å². The third kappa shape index (κ3) is 4.91. The summed E-state index contributed by atoms with van der Waals surface area (Å²) in [5.74, 6) is 0.217. The SMILES string of the molecule is COC(=O)CCN(C)S(=O)(=O)Nc1ccc(OC)c(C)c1. The van der Waals surface area contributed by atoms with Gasteiger partial charge in [0.2, 0.25) is 0 Å². The molecule has 0 aliphatic rings. The summed E-state index contributed by atoms with van der Waals surface area (Å²) in [7, 11) is 0.479. The van der Waals surface area contributed by atoms with E-state index in [-0.39, 0.29) is 13.0 Å². The quantitative estimate of drug-likeness (QED) is 0.763. The van der Waals surface area contributed by atoms with Crippen molar-refractivity contribution in [3.05, 3.63) is 23.8 Å². The van der Waals surface area contributed by atoms with E-state index >= 15 is 0 Å². The van der Waals surface area contributed by atoms with Gasteiger partial charge in [0, 0.05) is 13.6 Å². The highest BCUT2D eigenvalue weighted by Gasteiger charge is 2.19. The number of hydrogen-bond donors (Lipinski definition) is 1. The molecule has 0 saturated heterocycles. The average molecular weight is 316 g/mol. The molecule has 0 heterocycles. The first-order valence-electron chi connectivity index (χ1n) is 6.25. The Morgan fingerprint density at radius 1 is 1.33 bits per heavy atom. The van der Waals surface area contributed by atoms with Crippen LogP contribution in [-0.2, 0) is 19.7 Å². The number of ether oxygens (including phenoxy) is 2. The summed E-state index contributed by atoms with van der Waals surface area (Å²) in [6, 6.07) is 4.96. The lowest BCUT2D eigenvalue weighted by molar-refractivity contribution is -0.140. The Labute approximate surface area is 125 Å². The molecule has 0 atom stereocenters. The Bertz CT molecular complexity index is 601. The second-order valence-electron chi connectivity index (χ2n) is 4.44. The lowest BCUT2D eigenvalue weighted by atomic mass is 10.2. The Morgan fingerprint density at radius 3 is 2.52 bits per heavy atom. The molecule has 21 heavy (non-hydrogen) atoms. The molecule has 0 spiro atoms. The molecule has 0 aromatic heterocycles. The smallest absolute Gasteiger partial charge is 0.306 e. The second-order valence-corrected chi connectivity index (χ2v) is 6.22. The highest BCUT2D eigenvalue weighted by molar-refractivity contribution is 7.90. The predicted molar refractivity (Wildman–Crippen MR) is 79.5 cm³/mol. The molecule has 1 aromatic rings. The lowest BCUT2D eigenvalue weighted by Gasteiger charge is -2.18. The third-order valence-corrected chi connectivity index (χ3v) is 4.41. The minimum atomic E-state index is -3.72. The number of anilines is 1. The van der Waals surface area contributed by atoms with Crippen LogP contribution in [-0.4, -0.2) is 46.5 Å². The van der Waals surface area contributed by atoms with Crippen molar-refractivity contribution in [2.45, 2.75) is 13.3 Å². The first-order chi connectivity index (χ1) is 9.80. The minimum Gasteiger partial charge on any atom is -0.496 e. The fourth-order valence-electron chi connectivity index (χ4n) is 1.64. The van der Waals surface area contributed by atoms with E-state index in [9.17, 15) is 13.2 Å².